The summed E-state index contributed by atoms with van der Waals surface area (Å²) in [5.74, 6) is 0.726. The molecule has 7 nitrogen and oxygen atoms in total. The van der Waals surface area contributed by atoms with Crippen LogP contribution in [0.15, 0.2) is 36.7 Å². The van der Waals surface area contributed by atoms with E-state index in [1.165, 1.54) is 7.11 Å². The lowest BCUT2D eigenvalue weighted by Crippen LogP contribution is -2.34. The summed E-state index contributed by atoms with van der Waals surface area (Å²) in [7, 11) is 1.39. The van der Waals surface area contributed by atoms with E-state index in [4.69, 9.17) is 4.74 Å². The molecule has 21 heavy (non-hydrogen) atoms. The maximum absolute atomic E-state index is 11.4. The number of carbonyl (C=O) groups is 1. The highest BCUT2D eigenvalue weighted by molar-refractivity contribution is 5.71. The lowest BCUT2D eigenvalue weighted by atomic mass is 10.1. The first kappa shape index (κ1) is 13.3. The molecule has 1 aliphatic heterocycles. The minimum atomic E-state index is -0.303. The molecule has 3 heterocycles. The molecule has 2 aromatic rings. The van der Waals surface area contributed by atoms with Crippen LogP contribution in [0.5, 0.6) is 0 Å². The number of nitrogens with zero attached hydrogens (tertiary/aromatic N) is 5. The number of aromatic nitrogens is 4. The van der Waals surface area contributed by atoms with Crippen LogP contribution < -0.4 is 0 Å². The zero-order valence-electron chi connectivity index (χ0n) is 11.6. The fourth-order valence-electron chi connectivity index (χ4n) is 2.21. The van der Waals surface area contributed by atoms with Crippen LogP contribution in [0.1, 0.15) is 12.1 Å². The third-order valence-corrected chi connectivity index (χ3v) is 3.35. The van der Waals surface area contributed by atoms with E-state index in [0.717, 1.165) is 23.5 Å². The summed E-state index contributed by atoms with van der Waals surface area (Å²) in [4.78, 5) is 17.3. The largest absolute Gasteiger partial charge is 0.453 e. The maximum Gasteiger partial charge on any atom is 0.409 e. The predicted octanol–water partition coefficient (Wildman–Crippen LogP) is 1.52. The molecule has 0 saturated heterocycles. The van der Waals surface area contributed by atoms with E-state index in [0.29, 0.717) is 13.1 Å². The van der Waals surface area contributed by atoms with Crippen LogP contribution in [-0.2, 0) is 4.74 Å². The second-order valence-electron chi connectivity index (χ2n) is 4.63. The molecule has 3 rings (SSSR count). The maximum atomic E-state index is 11.4. The summed E-state index contributed by atoms with van der Waals surface area (Å²) in [5.41, 5.74) is 1.89. The summed E-state index contributed by atoms with van der Waals surface area (Å²) >= 11 is 0. The SMILES string of the molecule is COC(=O)N1CC=C(c2cn(-c3ccccn3)nn2)CC1. The van der Waals surface area contributed by atoms with Crippen LogP contribution in [-0.4, -0.2) is 51.2 Å². The second kappa shape index (κ2) is 5.74. The molecule has 0 saturated carbocycles. The van der Waals surface area contributed by atoms with Gasteiger partial charge in [0.05, 0.1) is 13.3 Å². The summed E-state index contributed by atoms with van der Waals surface area (Å²) < 4.78 is 6.35. The average molecular weight is 285 g/mol. The van der Waals surface area contributed by atoms with Crippen molar-refractivity contribution in [3.8, 4) is 5.82 Å². The van der Waals surface area contributed by atoms with Gasteiger partial charge in [0.2, 0.25) is 0 Å². The monoisotopic (exact) mass is 285 g/mol. The Kier molecular flexibility index (Phi) is 3.63. The van der Waals surface area contributed by atoms with E-state index in [9.17, 15) is 4.79 Å². The lowest BCUT2D eigenvalue weighted by molar-refractivity contribution is 0.128. The Morgan fingerprint density at radius 3 is 2.95 bits per heavy atom. The Morgan fingerprint density at radius 2 is 2.29 bits per heavy atom. The minimum Gasteiger partial charge on any atom is -0.453 e. The summed E-state index contributed by atoms with van der Waals surface area (Å²) in [6.45, 7) is 1.15. The van der Waals surface area contributed by atoms with Gasteiger partial charge in [-0.25, -0.2) is 14.5 Å². The standard InChI is InChI=1S/C14H15N5O2/c1-21-14(20)18-8-5-11(6-9-18)12-10-19(17-16-12)13-4-2-3-7-15-13/h2-5,7,10H,6,8-9H2,1H3. The molecule has 0 radical (unpaired) electrons. The van der Waals surface area contributed by atoms with Gasteiger partial charge in [0, 0.05) is 19.3 Å². The number of carbonyl (C=O) groups excluding carboxylic acids is 1. The van der Waals surface area contributed by atoms with Gasteiger partial charge >= 0.3 is 6.09 Å². The predicted molar refractivity (Wildman–Crippen MR) is 75.7 cm³/mol. The topological polar surface area (TPSA) is 73.1 Å². The summed E-state index contributed by atoms with van der Waals surface area (Å²) in [6, 6.07) is 5.62. The van der Waals surface area contributed by atoms with E-state index < -0.39 is 0 Å². The number of methoxy groups -OCH3 is 1. The van der Waals surface area contributed by atoms with Gasteiger partial charge in [-0.2, -0.15) is 0 Å². The third-order valence-electron chi connectivity index (χ3n) is 3.35. The first-order valence-corrected chi connectivity index (χ1v) is 6.64. The molecule has 0 atom stereocenters. The fraction of sp³-hybridized carbons (Fsp3) is 0.286. The first-order valence-electron chi connectivity index (χ1n) is 6.64. The Morgan fingerprint density at radius 1 is 1.38 bits per heavy atom. The number of rotatable bonds is 2. The molecule has 2 aromatic heterocycles. The summed E-state index contributed by atoms with van der Waals surface area (Å²) in [6.07, 6.45) is 5.97. The van der Waals surface area contributed by atoms with Crippen molar-refractivity contribution in [1.82, 2.24) is 24.9 Å². The van der Waals surface area contributed by atoms with Crippen LogP contribution >= 0.6 is 0 Å². The van der Waals surface area contributed by atoms with Gasteiger partial charge in [-0.05, 0) is 24.1 Å². The van der Waals surface area contributed by atoms with E-state index in [2.05, 4.69) is 15.3 Å². The first-order chi connectivity index (χ1) is 10.3. The number of hydrogen-bond donors (Lipinski definition) is 0. The van der Waals surface area contributed by atoms with Crippen molar-refractivity contribution in [2.24, 2.45) is 0 Å². The van der Waals surface area contributed by atoms with Crippen LogP contribution in [0.2, 0.25) is 0 Å². The number of ether oxygens (including phenoxy) is 1. The molecule has 0 unspecified atom stereocenters. The highest BCUT2D eigenvalue weighted by atomic mass is 16.5. The highest BCUT2D eigenvalue weighted by Crippen LogP contribution is 2.21. The number of pyridine rings is 1. The second-order valence-corrected chi connectivity index (χ2v) is 4.63. The Hall–Kier alpha value is -2.70. The molecule has 1 aliphatic rings. The van der Waals surface area contributed by atoms with Gasteiger partial charge < -0.3 is 9.64 Å². The molecule has 0 aromatic carbocycles. The molecule has 108 valence electrons. The normalized spacial score (nSPS) is 14.7. The van der Waals surface area contributed by atoms with Crippen molar-refractivity contribution in [2.75, 3.05) is 20.2 Å². The van der Waals surface area contributed by atoms with E-state index in [1.807, 2.05) is 30.5 Å². The van der Waals surface area contributed by atoms with Crippen molar-refractivity contribution in [1.29, 1.82) is 0 Å². The van der Waals surface area contributed by atoms with E-state index >= 15 is 0 Å². The molecule has 1 amide bonds. The van der Waals surface area contributed by atoms with Gasteiger partial charge in [0.1, 0.15) is 5.69 Å². The van der Waals surface area contributed by atoms with E-state index in [1.54, 1.807) is 15.8 Å². The minimum absolute atomic E-state index is 0.303. The van der Waals surface area contributed by atoms with Crippen LogP contribution in [0, 0.1) is 0 Å². The molecular weight excluding hydrogens is 270 g/mol. The molecule has 0 N–H and O–H groups in total. The highest BCUT2D eigenvalue weighted by Gasteiger charge is 2.19. The molecule has 0 spiro atoms. The molecule has 0 fully saturated rings. The van der Waals surface area contributed by atoms with Crippen LogP contribution in [0.4, 0.5) is 4.79 Å². The zero-order valence-corrected chi connectivity index (χ0v) is 11.6. The van der Waals surface area contributed by atoms with Gasteiger partial charge in [-0.1, -0.05) is 17.4 Å². The van der Waals surface area contributed by atoms with Crippen LogP contribution in [0.25, 0.3) is 11.4 Å². The number of amides is 1. The quantitative estimate of drug-likeness (QED) is 0.836. The summed E-state index contributed by atoms with van der Waals surface area (Å²) in [5, 5.41) is 8.27. The molecule has 0 bridgehead atoms. The van der Waals surface area contributed by atoms with Crippen molar-refractivity contribution in [3.05, 3.63) is 42.4 Å². The van der Waals surface area contributed by atoms with Crippen molar-refractivity contribution >= 4 is 11.7 Å². The Bertz CT molecular complexity index is 665. The fourth-order valence-corrected chi connectivity index (χ4v) is 2.21. The van der Waals surface area contributed by atoms with Gasteiger partial charge in [-0.3, -0.25) is 0 Å². The smallest absolute Gasteiger partial charge is 0.409 e. The van der Waals surface area contributed by atoms with Crippen LogP contribution in [0.3, 0.4) is 0 Å². The Labute approximate surface area is 121 Å². The number of hydrogen-bond acceptors (Lipinski definition) is 5. The van der Waals surface area contributed by atoms with Gasteiger partial charge in [-0.15, -0.1) is 5.10 Å². The van der Waals surface area contributed by atoms with Crippen molar-refractivity contribution in [2.45, 2.75) is 6.42 Å². The van der Waals surface area contributed by atoms with Gasteiger partial charge in [0.15, 0.2) is 5.82 Å². The lowest BCUT2D eigenvalue weighted by Gasteiger charge is -2.24. The van der Waals surface area contributed by atoms with Crippen molar-refractivity contribution < 1.29 is 9.53 Å². The van der Waals surface area contributed by atoms with E-state index in [-0.39, 0.29) is 6.09 Å². The molecule has 0 aliphatic carbocycles. The van der Waals surface area contributed by atoms with Crippen molar-refractivity contribution in [3.63, 3.8) is 0 Å². The Balaban J connectivity index is 1.76. The zero-order chi connectivity index (χ0) is 14.7. The molecule has 7 heteroatoms. The third kappa shape index (κ3) is 2.76. The van der Waals surface area contributed by atoms with Gasteiger partial charge in [0.25, 0.3) is 0 Å². The molecular formula is C14H15N5O2. The average Bonchev–Trinajstić information content (AvgIpc) is 3.05.